The summed E-state index contributed by atoms with van der Waals surface area (Å²) in [7, 11) is 1.61. The van der Waals surface area contributed by atoms with Gasteiger partial charge in [0.25, 0.3) is 5.91 Å². The van der Waals surface area contributed by atoms with Crippen molar-refractivity contribution in [2.24, 2.45) is 0 Å². The molecule has 1 aromatic carbocycles. The van der Waals surface area contributed by atoms with E-state index in [4.69, 9.17) is 14.2 Å². The first-order valence-corrected chi connectivity index (χ1v) is 9.12. The number of anilines is 2. The molecule has 0 saturated carbocycles. The zero-order valence-electron chi connectivity index (χ0n) is 15.3. The van der Waals surface area contributed by atoms with Gasteiger partial charge in [-0.2, -0.15) is 0 Å². The second-order valence-corrected chi connectivity index (χ2v) is 6.68. The van der Waals surface area contributed by atoms with Crippen molar-refractivity contribution in [3.8, 4) is 5.75 Å². The van der Waals surface area contributed by atoms with Gasteiger partial charge in [0.15, 0.2) is 5.79 Å². The highest BCUT2D eigenvalue weighted by Crippen LogP contribution is 2.32. The normalized spacial score (nSPS) is 18.5. The number of piperidine rings is 1. The average molecular weight is 369 g/mol. The second-order valence-electron chi connectivity index (χ2n) is 6.68. The Bertz CT molecular complexity index is 793. The predicted octanol–water partition coefficient (Wildman–Crippen LogP) is 2.69. The van der Waals surface area contributed by atoms with Crippen molar-refractivity contribution in [1.82, 2.24) is 4.98 Å². The average Bonchev–Trinajstić information content (AvgIpc) is 3.17. The van der Waals surface area contributed by atoms with Gasteiger partial charge in [-0.25, -0.2) is 4.98 Å². The van der Waals surface area contributed by atoms with Crippen LogP contribution in [-0.4, -0.2) is 50.1 Å². The lowest BCUT2D eigenvalue weighted by molar-refractivity contribution is -0.169. The maximum absolute atomic E-state index is 12.6. The SMILES string of the molecule is COc1ccc(NC(=O)c2ccnc(N3CCC4(CC3)OCCO4)c2)cc1. The molecule has 27 heavy (non-hydrogen) atoms. The van der Waals surface area contributed by atoms with Gasteiger partial charge in [0.2, 0.25) is 0 Å². The minimum Gasteiger partial charge on any atom is -0.497 e. The number of amides is 1. The Morgan fingerprint density at radius 1 is 1.15 bits per heavy atom. The molecule has 0 radical (unpaired) electrons. The highest BCUT2D eigenvalue weighted by atomic mass is 16.7. The first kappa shape index (κ1) is 17.8. The molecule has 0 atom stereocenters. The van der Waals surface area contributed by atoms with Crippen LogP contribution in [0, 0.1) is 0 Å². The van der Waals surface area contributed by atoms with Crippen molar-refractivity contribution in [3.63, 3.8) is 0 Å². The van der Waals surface area contributed by atoms with Gasteiger partial charge in [-0.15, -0.1) is 0 Å². The zero-order valence-corrected chi connectivity index (χ0v) is 15.3. The zero-order chi connectivity index (χ0) is 18.7. The molecule has 1 amide bonds. The number of rotatable bonds is 4. The van der Waals surface area contributed by atoms with E-state index in [2.05, 4.69) is 15.2 Å². The van der Waals surface area contributed by atoms with Crippen molar-refractivity contribution in [2.75, 3.05) is 43.6 Å². The number of benzene rings is 1. The highest BCUT2D eigenvalue weighted by Gasteiger charge is 2.40. The van der Waals surface area contributed by atoms with E-state index in [9.17, 15) is 4.79 Å². The van der Waals surface area contributed by atoms with Crippen LogP contribution in [0.15, 0.2) is 42.6 Å². The minimum absolute atomic E-state index is 0.167. The van der Waals surface area contributed by atoms with Crippen LogP contribution in [0.1, 0.15) is 23.2 Å². The smallest absolute Gasteiger partial charge is 0.255 e. The van der Waals surface area contributed by atoms with Crippen LogP contribution in [-0.2, 0) is 9.47 Å². The lowest BCUT2D eigenvalue weighted by Gasteiger charge is -2.38. The molecule has 7 nitrogen and oxygen atoms in total. The van der Waals surface area contributed by atoms with Gasteiger partial charge >= 0.3 is 0 Å². The van der Waals surface area contributed by atoms with E-state index in [1.807, 2.05) is 30.3 Å². The van der Waals surface area contributed by atoms with Crippen molar-refractivity contribution in [1.29, 1.82) is 0 Å². The van der Waals surface area contributed by atoms with Crippen LogP contribution < -0.4 is 15.0 Å². The topological polar surface area (TPSA) is 72.9 Å². The van der Waals surface area contributed by atoms with E-state index in [1.165, 1.54) is 0 Å². The molecule has 2 aliphatic rings. The van der Waals surface area contributed by atoms with E-state index in [1.54, 1.807) is 19.4 Å². The van der Waals surface area contributed by atoms with E-state index in [0.717, 1.165) is 43.2 Å². The van der Waals surface area contributed by atoms with E-state index in [0.29, 0.717) is 18.8 Å². The van der Waals surface area contributed by atoms with Crippen LogP contribution >= 0.6 is 0 Å². The fourth-order valence-corrected chi connectivity index (χ4v) is 3.47. The summed E-state index contributed by atoms with van der Waals surface area (Å²) in [6.07, 6.45) is 3.28. The molecule has 1 N–H and O–H groups in total. The maximum atomic E-state index is 12.6. The Labute approximate surface area is 158 Å². The summed E-state index contributed by atoms with van der Waals surface area (Å²) in [5.41, 5.74) is 1.29. The van der Waals surface area contributed by atoms with E-state index < -0.39 is 5.79 Å². The molecule has 0 bridgehead atoms. The number of aromatic nitrogens is 1. The Kier molecular flexibility index (Phi) is 4.96. The monoisotopic (exact) mass is 369 g/mol. The van der Waals surface area contributed by atoms with Crippen molar-refractivity contribution in [3.05, 3.63) is 48.2 Å². The van der Waals surface area contributed by atoms with Gasteiger partial charge in [0.05, 0.1) is 20.3 Å². The molecule has 7 heteroatoms. The number of nitrogens with one attached hydrogen (secondary N) is 1. The number of ether oxygens (including phenoxy) is 3. The quantitative estimate of drug-likeness (QED) is 0.893. The number of hydrogen-bond donors (Lipinski definition) is 1. The van der Waals surface area contributed by atoms with Crippen molar-refractivity contribution < 1.29 is 19.0 Å². The highest BCUT2D eigenvalue weighted by molar-refractivity contribution is 6.04. The molecule has 1 spiro atoms. The molecule has 142 valence electrons. The number of carbonyl (C=O) groups is 1. The van der Waals surface area contributed by atoms with Crippen LogP contribution in [0.3, 0.4) is 0 Å². The van der Waals surface area contributed by atoms with Crippen LogP contribution in [0.4, 0.5) is 11.5 Å². The van der Waals surface area contributed by atoms with Gasteiger partial charge in [0.1, 0.15) is 11.6 Å². The third-order valence-corrected chi connectivity index (χ3v) is 5.02. The van der Waals surface area contributed by atoms with Gasteiger partial charge in [-0.1, -0.05) is 0 Å². The summed E-state index contributed by atoms with van der Waals surface area (Å²) in [5.74, 6) is 0.960. The van der Waals surface area contributed by atoms with E-state index in [-0.39, 0.29) is 5.91 Å². The van der Waals surface area contributed by atoms with Gasteiger partial charge < -0.3 is 24.4 Å². The fraction of sp³-hybridized carbons (Fsp3) is 0.400. The maximum Gasteiger partial charge on any atom is 0.255 e. The Morgan fingerprint density at radius 2 is 1.85 bits per heavy atom. The lowest BCUT2D eigenvalue weighted by atomic mass is 10.0. The number of pyridine rings is 1. The summed E-state index contributed by atoms with van der Waals surface area (Å²) in [5, 5.41) is 2.90. The Balaban J connectivity index is 1.41. The molecule has 2 fully saturated rings. The molecule has 1 aromatic heterocycles. The van der Waals surface area contributed by atoms with Crippen molar-refractivity contribution >= 4 is 17.4 Å². The summed E-state index contributed by atoms with van der Waals surface area (Å²) in [6, 6.07) is 10.8. The van der Waals surface area contributed by atoms with Crippen LogP contribution in [0.5, 0.6) is 5.75 Å². The molecular formula is C20H23N3O4. The summed E-state index contributed by atoms with van der Waals surface area (Å²) in [4.78, 5) is 19.2. The largest absolute Gasteiger partial charge is 0.497 e. The Morgan fingerprint density at radius 3 is 2.52 bits per heavy atom. The molecule has 0 unspecified atom stereocenters. The molecule has 2 aromatic rings. The number of carbonyl (C=O) groups excluding carboxylic acids is 1. The molecular weight excluding hydrogens is 346 g/mol. The molecule has 3 heterocycles. The van der Waals surface area contributed by atoms with Gasteiger partial charge in [-0.05, 0) is 36.4 Å². The first-order valence-electron chi connectivity index (χ1n) is 9.12. The van der Waals surface area contributed by atoms with E-state index >= 15 is 0 Å². The third kappa shape index (κ3) is 3.89. The number of nitrogens with zero attached hydrogens (tertiary/aromatic N) is 2. The fourth-order valence-electron chi connectivity index (χ4n) is 3.47. The number of hydrogen-bond acceptors (Lipinski definition) is 6. The second kappa shape index (κ2) is 7.54. The predicted molar refractivity (Wildman–Crippen MR) is 101 cm³/mol. The minimum atomic E-state index is -0.417. The number of methoxy groups -OCH3 is 1. The van der Waals surface area contributed by atoms with Crippen molar-refractivity contribution in [2.45, 2.75) is 18.6 Å². The first-order chi connectivity index (χ1) is 13.2. The summed E-state index contributed by atoms with van der Waals surface area (Å²) >= 11 is 0. The Hall–Kier alpha value is -2.64. The van der Waals surface area contributed by atoms with Crippen LogP contribution in [0.25, 0.3) is 0 Å². The third-order valence-electron chi connectivity index (χ3n) is 5.02. The molecule has 2 aliphatic heterocycles. The standard InChI is InChI=1S/C20H23N3O4/c1-25-17-4-2-16(3-5-17)22-19(24)15-6-9-21-18(14-15)23-10-7-20(8-11-23)26-12-13-27-20/h2-6,9,14H,7-8,10-13H2,1H3,(H,22,24). The lowest BCUT2D eigenvalue weighted by Crippen LogP contribution is -2.45. The molecule has 4 rings (SSSR count). The van der Waals surface area contributed by atoms with Gasteiger partial charge in [0, 0.05) is 43.4 Å². The molecule has 0 aliphatic carbocycles. The summed E-state index contributed by atoms with van der Waals surface area (Å²) in [6.45, 7) is 2.91. The summed E-state index contributed by atoms with van der Waals surface area (Å²) < 4.78 is 16.7. The molecule has 2 saturated heterocycles. The van der Waals surface area contributed by atoms with Crippen LogP contribution in [0.2, 0.25) is 0 Å². The van der Waals surface area contributed by atoms with Gasteiger partial charge in [-0.3, -0.25) is 4.79 Å².